The molecular formula is C26H33N3O6. The van der Waals surface area contributed by atoms with E-state index in [0.29, 0.717) is 49.7 Å². The Hall–Kier alpha value is -3.59. The Bertz CT molecular complexity index is 1130. The molecule has 0 saturated carbocycles. The lowest BCUT2D eigenvalue weighted by Gasteiger charge is -2.29. The highest BCUT2D eigenvalue weighted by Crippen LogP contribution is 2.27. The average molecular weight is 484 g/mol. The minimum atomic E-state index is -0.546. The van der Waals surface area contributed by atoms with Crippen molar-refractivity contribution in [3.8, 4) is 0 Å². The first-order valence-electron chi connectivity index (χ1n) is 11.7. The zero-order chi connectivity index (χ0) is 25.5. The molecule has 1 aromatic carbocycles. The monoisotopic (exact) mass is 483 g/mol. The summed E-state index contributed by atoms with van der Waals surface area (Å²) in [6, 6.07) is 5.25. The van der Waals surface area contributed by atoms with Gasteiger partial charge in [-0.05, 0) is 52.0 Å². The third kappa shape index (κ3) is 5.74. The molecule has 1 N–H and O–H groups in total. The number of hydrogen-bond donors (Lipinski definition) is 1. The molecule has 0 spiro atoms. The molecule has 1 aromatic heterocycles. The van der Waals surface area contributed by atoms with Crippen LogP contribution in [-0.2, 0) is 25.5 Å². The summed E-state index contributed by atoms with van der Waals surface area (Å²) in [5.41, 5.74) is 4.18. The van der Waals surface area contributed by atoms with E-state index in [0.717, 1.165) is 17.1 Å². The summed E-state index contributed by atoms with van der Waals surface area (Å²) in [6.07, 6.45) is 2.96. The van der Waals surface area contributed by atoms with Gasteiger partial charge in [-0.25, -0.2) is 9.59 Å². The number of ether oxygens (including phenoxy) is 3. The summed E-state index contributed by atoms with van der Waals surface area (Å²) in [5.74, 6) is -1.41. The van der Waals surface area contributed by atoms with Crippen LogP contribution in [0.25, 0.3) is 6.08 Å². The Balaban J connectivity index is 1.87. The van der Waals surface area contributed by atoms with Gasteiger partial charge in [0.2, 0.25) is 5.91 Å². The van der Waals surface area contributed by atoms with Crippen LogP contribution in [0.3, 0.4) is 0 Å². The average Bonchev–Trinajstić information content (AvgIpc) is 3.11. The first-order valence-corrected chi connectivity index (χ1v) is 11.7. The number of anilines is 2. The van der Waals surface area contributed by atoms with Crippen LogP contribution < -0.4 is 10.2 Å². The van der Waals surface area contributed by atoms with Crippen LogP contribution in [0.1, 0.15) is 51.5 Å². The van der Waals surface area contributed by atoms with E-state index in [2.05, 4.69) is 10.2 Å². The fraction of sp³-hybridized carbons (Fsp3) is 0.423. The Morgan fingerprint density at radius 3 is 2.43 bits per heavy atom. The predicted octanol–water partition coefficient (Wildman–Crippen LogP) is 3.58. The van der Waals surface area contributed by atoms with Crippen LogP contribution in [0.15, 0.2) is 24.3 Å². The highest BCUT2D eigenvalue weighted by atomic mass is 16.5. The smallest absolute Gasteiger partial charge is 0.340 e. The van der Waals surface area contributed by atoms with Crippen molar-refractivity contribution in [3.63, 3.8) is 0 Å². The second-order valence-electron chi connectivity index (χ2n) is 8.07. The van der Waals surface area contributed by atoms with Crippen molar-refractivity contribution >= 4 is 35.3 Å². The summed E-state index contributed by atoms with van der Waals surface area (Å²) >= 11 is 0. The number of benzene rings is 1. The van der Waals surface area contributed by atoms with Crippen molar-refractivity contribution in [1.82, 2.24) is 4.57 Å². The Kier molecular flexibility index (Phi) is 8.70. The van der Waals surface area contributed by atoms with E-state index in [-0.39, 0.29) is 12.2 Å². The van der Waals surface area contributed by atoms with E-state index < -0.39 is 17.8 Å². The molecule has 0 aliphatic carbocycles. The van der Waals surface area contributed by atoms with Gasteiger partial charge in [-0.15, -0.1) is 0 Å². The molecule has 1 aliphatic heterocycles. The molecule has 0 radical (unpaired) electrons. The number of methoxy groups -OCH3 is 1. The molecule has 1 fully saturated rings. The van der Waals surface area contributed by atoms with Gasteiger partial charge in [0, 0.05) is 48.3 Å². The van der Waals surface area contributed by atoms with Crippen LogP contribution >= 0.6 is 0 Å². The van der Waals surface area contributed by atoms with E-state index in [1.54, 1.807) is 25.1 Å². The quantitative estimate of drug-likeness (QED) is 0.453. The van der Waals surface area contributed by atoms with E-state index in [9.17, 15) is 14.4 Å². The number of hydrogen-bond acceptors (Lipinski definition) is 7. The highest BCUT2D eigenvalue weighted by Gasteiger charge is 2.23. The summed E-state index contributed by atoms with van der Waals surface area (Å²) in [6.45, 7) is 11.1. The van der Waals surface area contributed by atoms with Gasteiger partial charge in [-0.1, -0.05) is 0 Å². The lowest BCUT2D eigenvalue weighted by Crippen LogP contribution is -2.36. The highest BCUT2D eigenvalue weighted by molar-refractivity contribution is 6.07. The number of nitrogens with zero attached hydrogens (tertiary/aromatic N) is 2. The second kappa shape index (κ2) is 11.7. The first-order chi connectivity index (χ1) is 16.8. The topological polar surface area (TPSA) is 99.1 Å². The van der Waals surface area contributed by atoms with Crippen molar-refractivity contribution in [2.24, 2.45) is 0 Å². The van der Waals surface area contributed by atoms with E-state index >= 15 is 0 Å². The predicted molar refractivity (Wildman–Crippen MR) is 134 cm³/mol. The van der Waals surface area contributed by atoms with Gasteiger partial charge in [0.1, 0.15) is 0 Å². The van der Waals surface area contributed by atoms with E-state index in [1.807, 2.05) is 31.4 Å². The molecule has 2 aromatic rings. The van der Waals surface area contributed by atoms with Crippen molar-refractivity contribution < 1.29 is 28.6 Å². The zero-order valence-corrected chi connectivity index (χ0v) is 21.0. The van der Waals surface area contributed by atoms with Gasteiger partial charge in [0.15, 0.2) is 0 Å². The number of esters is 2. The maximum Gasteiger partial charge on any atom is 0.340 e. The van der Waals surface area contributed by atoms with E-state index in [4.69, 9.17) is 14.2 Å². The van der Waals surface area contributed by atoms with Crippen molar-refractivity contribution in [2.45, 2.75) is 34.2 Å². The third-order valence-corrected chi connectivity index (χ3v) is 6.07. The van der Waals surface area contributed by atoms with E-state index in [1.165, 1.54) is 13.2 Å². The molecule has 9 heteroatoms. The lowest BCUT2D eigenvalue weighted by molar-refractivity contribution is -0.111. The largest absolute Gasteiger partial charge is 0.465 e. The number of amides is 1. The van der Waals surface area contributed by atoms with Crippen molar-refractivity contribution in [3.05, 3.63) is 52.4 Å². The molecule has 9 nitrogen and oxygen atoms in total. The second-order valence-corrected chi connectivity index (χ2v) is 8.07. The maximum atomic E-state index is 12.8. The molecule has 35 heavy (non-hydrogen) atoms. The fourth-order valence-corrected chi connectivity index (χ4v) is 4.32. The van der Waals surface area contributed by atoms with Crippen molar-refractivity contribution in [1.29, 1.82) is 0 Å². The Morgan fingerprint density at radius 2 is 1.80 bits per heavy atom. The maximum absolute atomic E-state index is 12.8. The number of carbonyl (C=O) groups is 3. The SMILES string of the molecule is CCOC(=O)c1c(/C=C/C(=O)Nc2ccc(N3CCOCC3)cc2C(=O)OC)c(C)n(CC)c1C. The normalized spacial score (nSPS) is 13.7. The molecule has 1 saturated heterocycles. The Morgan fingerprint density at radius 1 is 1.09 bits per heavy atom. The molecule has 0 unspecified atom stereocenters. The molecule has 2 heterocycles. The molecule has 3 rings (SSSR count). The van der Waals surface area contributed by atoms with Crippen LogP contribution in [0.4, 0.5) is 11.4 Å². The van der Waals surface area contributed by atoms with Gasteiger partial charge in [0.25, 0.3) is 0 Å². The number of aromatic nitrogens is 1. The molecular weight excluding hydrogens is 450 g/mol. The van der Waals surface area contributed by atoms with Gasteiger partial charge in [-0.3, -0.25) is 4.79 Å². The van der Waals surface area contributed by atoms with Crippen LogP contribution in [-0.4, -0.2) is 62.4 Å². The molecule has 1 amide bonds. The summed E-state index contributed by atoms with van der Waals surface area (Å²) < 4.78 is 17.6. The lowest BCUT2D eigenvalue weighted by atomic mass is 10.1. The van der Waals surface area contributed by atoms with Gasteiger partial charge in [0.05, 0.1) is 43.7 Å². The molecule has 188 valence electrons. The number of morpholine rings is 1. The number of carbonyl (C=O) groups excluding carboxylic acids is 3. The first kappa shape index (κ1) is 26.0. The summed E-state index contributed by atoms with van der Waals surface area (Å²) in [5, 5.41) is 2.76. The molecule has 0 atom stereocenters. The van der Waals surface area contributed by atoms with Crippen molar-refractivity contribution in [2.75, 3.05) is 50.2 Å². The molecule has 1 aliphatic rings. The fourth-order valence-electron chi connectivity index (χ4n) is 4.32. The van der Waals surface area contributed by atoms with Gasteiger partial charge in [-0.2, -0.15) is 0 Å². The van der Waals surface area contributed by atoms with Crippen LogP contribution in [0.2, 0.25) is 0 Å². The summed E-state index contributed by atoms with van der Waals surface area (Å²) in [7, 11) is 1.30. The number of rotatable bonds is 8. The van der Waals surface area contributed by atoms with Gasteiger partial charge < -0.3 is 29.0 Å². The zero-order valence-electron chi connectivity index (χ0n) is 21.0. The van der Waals surface area contributed by atoms with Crippen LogP contribution in [0, 0.1) is 13.8 Å². The third-order valence-electron chi connectivity index (χ3n) is 6.07. The molecule has 0 bridgehead atoms. The Labute approximate surface area is 205 Å². The van der Waals surface area contributed by atoms with Gasteiger partial charge >= 0.3 is 11.9 Å². The minimum absolute atomic E-state index is 0.259. The standard InChI is InChI=1S/C26H33N3O6/c1-6-29-17(3)20(24(18(29)4)26(32)35-7-2)9-11-23(30)27-22-10-8-19(16-21(22)25(31)33-5)28-12-14-34-15-13-28/h8-11,16H,6-7,12-15H2,1-5H3,(H,27,30)/b11-9+. The number of nitrogens with one attached hydrogen (secondary N) is 1. The van der Waals surface area contributed by atoms with Crippen LogP contribution in [0.5, 0.6) is 0 Å². The summed E-state index contributed by atoms with van der Waals surface area (Å²) in [4.78, 5) is 40.0. The minimum Gasteiger partial charge on any atom is -0.465 e.